The zero-order valence-corrected chi connectivity index (χ0v) is 10.3. The lowest BCUT2D eigenvalue weighted by Crippen LogP contribution is -1.96. The molecule has 0 aliphatic rings. The molecule has 0 bridgehead atoms. The number of rotatable bonds is 3. The van der Waals surface area contributed by atoms with Gasteiger partial charge < -0.3 is 15.7 Å². The minimum Gasteiger partial charge on any atom is -0.503 e. The summed E-state index contributed by atoms with van der Waals surface area (Å²) in [6, 6.07) is 1.60. The van der Waals surface area contributed by atoms with Gasteiger partial charge in [-0.05, 0) is 28.9 Å². The molecule has 0 spiro atoms. The van der Waals surface area contributed by atoms with Gasteiger partial charge in [-0.15, -0.1) is 0 Å². The van der Waals surface area contributed by atoms with Crippen LogP contribution in [0.25, 0.3) is 0 Å². The number of nitrogens with zero attached hydrogens (tertiary/aromatic N) is 1. The fourth-order valence-corrected chi connectivity index (χ4v) is 1.66. The van der Waals surface area contributed by atoms with E-state index in [-0.39, 0.29) is 10.8 Å². The average Bonchev–Trinajstić information content (AvgIpc) is 2.22. The highest BCUT2D eigenvalue weighted by Gasteiger charge is 2.14. The Balaban J connectivity index is 3.31. The zero-order chi connectivity index (χ0) is 11.4. The Morgan fingerprint density at radius 2 is 2.40 bits per heavy atom. The van der Waals surface area contributed by atoms with E-state index in [2.05, 4.69) is 21.0 Å². The van der Waals surface area contributed by atoms with Gasteiger partial charge >= 0.3 is 0 Å². The molecule has 0 atom stereocenters. The Bertz CT molecular complexity index is 396. The van der Waals surface area contributed by atoms with Gasteiger partial charge in [-0.2, -0.15) is 5.10 Å². The molecule has 1 aromatic carbocycles. The van der Waals surface area contributed by atoms with Crippen LogP contribution in [0.1, 0.15) is 12.5 Å². The van der Waals surface area contributed by atoms with Gasteiger partial charge in [-0.3, -0.25) is 0 Å². The standard InChI is InChI=1S/C9H10BrClN2O2/c1-2-15-6-3-5(4-13-12)7(10)8(11)9(6)14/h3-4,14H,2,12H2,1H3. The van der Waals surface area contributed by atoms with Crippen molar-refractivity contribution in [2.75, 3.05) is 6.61 Å². The lowest BCUT2D eigenvalue weighted by molar-refractivity contribution is 0.318. The fraction of sp³-hybridized carbons (Fsp3) is 0.222. The van der Waals surface area contributed by atoms with E-state index in [0.29, 0.717) is 22.4 Å². The van der Waals surface area contributed by atoms with Crippen LogP contribution in [0.4, 0.5) is 0 Å². The van der Waals surface area contributed by atoms with Crippen molar-refractivity contribution >= 4 is 33.7 Å². The summed E-state index contributed by atoms with van der Waals surface area (Å²) in [5.41, 5.74) is 0.642. The molecule has 0 saturated heterocycles. The molecular formula is C9H10BrClN2O2. The van der Waals surface area contributed by atoms with Gasteiger partial charge in [0.2, 0.25) is 0 Å². The second-order valence-electron chi connectivity index (χ2n) is 2.65. The Morgan fingerprint density at radius 3 is 2.93 bits per heavy atom. The molecule has 15 heavy (non-hydrogen) atoms. The molecule has 0 radical (unpaired) electrons. The highest BCUT2D eigenvalue weighted by Crippen LogP contribution is 2.41. The lowest BCUT2D eigenvalue weighted by Gasteiger charge is -2.10. The quantitative estimate of drug-likeness (QED) is 0.511. The van der Waals surface area contributed by atoms with Gasteiger partial charge in [0, 0.05) is 10.0 Å². The summed E-state index contributed by atoms with van der Waals surface area (Å²) in [7, 11) is 0. The van der Waals surface area contributed by atoms with Crippen LogP contribution in [-0.4, -0.2) is 17.9 Å². The molecule has 0 unspecified atom stereocenters. The van der Waals surface area contributed by atoms with Crippen molar-refractivity contribution in [3.63, 3.8) is 0 Å². The number of hydrogen-bond donors (Lipinski definition) is 2. The van der Waals surface area contributed by atoms with Crippen LogP contribution in [0.5, 0.6) is 11.5 Å². The number of halogens is 2. The summed E-state index contributed by atoms with van der Waals surface area (Å²) >= 11 is 9.10. The van der Waals surface area contributed by atoms with Gasteiger partial charge in [0.25, 0.3) is 0 Å². The number of hydrazone groups is 1. The molecule has 0 heterocycles. The smallest absolute Gasteiger partial charge is 0.177 e. The van der Waals surface area contributed by atoms with Crippen LogP contribution >= 0.6 is 27.5 Å². The topological polar surface area (TPSA) is 67.8 Å². The maximum Gasteiger partial charge on any atom is 0.177 e. The minimum absolute atomic E-state index is 0.0976. The van der Waals surface area contributed by atoms with Crippen LogP contribution in [0.2, 0.25) is 5.02 Å². The van der Waals surface area contributed by atoms with E-state index in [1.165, 1.54) is 6.21 Å². The molecule has 0 saturated carbocycles. The average molecular weight is 294 g/mol. The van der Waals surface area contributed by atoms with Crippen molar-refractivity contribution in [2.24, 2.45) is 10.9 Å². The first-order valence-corrected chi connectivity index (χ1v) is 5.35. The van der Waals surface area contributed by atoms with Crippen LogP contribution in [0.3, 0.4) is 0 Å². The van der Waals surface area contributed by atoms with Crippen molar-refractivity contribution in [1.29, 1.82) is 0 Å². The Labute approximate surface area is 101 Å². The zero-order valence-electron chi connectivity index (χ0n) is 8.00. The van der Waals surface area contributed by atoms with Crippen molar-refractivity contribution in [3.8, 4) is 11.5 Å². The monoisotopic (exact) mass is 292 g/mol. The van der Waals surface area contributed by atoms with Crippen molar-refractivity contribution in [3.05, 3.63) is 21.1 Å². The van der Waals surface area contributed by atoms with Crippen molar-refractivity contribution in [2.45, 2.75) is 6.92 Å². The summed E-state index contributed by atoms with van der Waals surface area (Å²) in [6.45, 7) is 2.25. The predicted molar refractivity (Wildman–Crippen MR) is 63.8 cm³/mol. The third kappa shape index (κ3) is 2.54. The number of aromatic hydroxyl groups is 1. The number of phenolic OH excluding ortho intramolecular Hbond substituents is 1. The van der Waals surface area contributed by atoms with Crippen LogP contribution in [0.15, 0.2) is 15.6 Å². The van der Waals surface area contributed by atoms with E-state index in [9.17, 15) is 5.11 Å². The predicted octanol–water partition coefficient (Wildman–Crippen LogP) is 2.50. The first-order valence-electron chi connectivity index (χ1n) is 4.18. The summed E-state index contributed by atoms with van der Waals surface area (Å²) in [5, 5.41) is 13.2. The van der Waals surface area contributed by atoms with Crippen LogP contribution in [-0.2, 0) is 0 Å². The molecular weight excluding hydrogens is 283 g/mol. The van der Waals surface area contributed by atoms with E-state index in [1.807, 2.05) is 6.92 Å². The van der Waals surface area contributed by atoms with E-state index >= 15 is 0 Å². The molecule has 0 aliphatic heterocycles. The van der Waals surface area contributed by atoms with E-state index in [1.54, 1.807) is 6.07 Å². The largest absolute Gasteiger partial charge is 0.503 e. The minimum atomic E-state index is -0.0976. The molecule has 6 heteroatoms. The molecule has 0 fully saturated rings. The molecule has 1 rings (SSSR count). The molecule has 1 aromatic rings. The fourth-order valence-electron chi connectivity index (χ4n) is 1.05. The number of hydrogen-bond acceptors (Lipinski definition) is 4. The second kappa shape index (κ2) is 5.23. The molecule has 0 aliphatic carbocycles. The summed E-state index contributed by atoms with van der Waals surface area (Å²) in [5.74, 6) is 5.25. The third-order valence-electron chi connectivity index (χ3n) is 1.69. The molecule has 0 amide bonds. The van der Waals surface area contributed by atoms with Gasteiger partial charge in [0.15, 0.2) is 11.5 Å². The SMILES string of the molecule is CCOc1cc(C=NN)c(Br)c(Cl)c1O. The van der Waals surface area contributed by atoms with E-state index in [4.69, 9.17) is 22.2 Å². The first kappa shape index (κ1) is 12.1. The normalized spacial score (nSPS) is 10.9. The number of benzene rings is 1. The Kier molecular flexibility index (Phi) is 4.23. The van der Waals surface area contributed by atoms with E-state index in [0.717, 1.165) is 0 Å². The van der Waals surface area contributed by atoms with Gasteiger partial charge in [0.1, 0.15) is 5.02 Å². The Morgan fingerprint density at radius 1 is 1.73 bits per heavy atom. The molecule has 4 nitrogen and oxygen atoms in total. The summed E-state index contributed by atoms with van der Waals surface area (Å²) < 4.78 is 5.73. The maximum atomic E-state index is 9.64. The number of nitrogens with two attached hydrogens (primary N) is 1. The molecule has 82 valence electrons. The second-order valence-corrected chi connectivity index (χ2v) is 3.82. The molecule has 3 N–H and O–H groups in total. The highest BCUT2D eigenvalue weighted by atomic mass is 79.9. The first-order chi connectivity index (χ1) is 7.11. The van der Waals surface area contributed by atoms with Crippen molar-refractivity contribution < 1.29 is 9.84 Å². The third-order valence-corrected chi connectivity index (χ3v) is 3.14. The number of phenols is 1. The van der Waals surface area contributed by atoms with E-state index < -0.39 is 0 Å². The summed E-state index contributed by atoms with van der Waals surface area (Å²) in [4.78, 5) is 0. The maximum absolute atomic E-state index is 9.64. The lowest BCUT2D eigenvalue weighted by atomic mass is 10.2. The summed E-state index contributed by atoms with van der Waals surface area (Å²) in [6.07, 6.45) is 1.41. The van der Waals surface area contributed by atoms with Gasteiger partial charge in [-0.1, -0.05) is 11.6 Å². The Hall–Kier alpha value is -0.940. The molecule has 0 aromatic heterocycles. The van der Waals surface area contributed by atoms with Gasteiger partial charge in [0.05, 0.1) is 12.8 Å². The van der Waals surface area contributed by atoms with Crippen LogP contribution < -0.4 is 10.6 Å². The van der Waals surface area contributed by atoms with Crippen molar-refractivity contribution in [1.82, 2.24) is 0 Å². The highest BCUT2D eigenvalue weighted by molar-refractivity contribution is 9.10. The van der Waals surface area contributed by atoms with Gasteiger partial charge in [-0.25, -0.2) is 0 Å². The number of ether oxygens (including phenoxy) is 1. The van der Waals surface area contributed by atoms with Crippen LogP contribution in [0, 0.1) is 0 Å².